The van der Waals surface area contributed by atoms with Gasteiger partial charge in [0, 0.05) is 49.0 Å². The van der Waals surface area contributed by atoms with Gasteiger partial charge in [-0.25, -0.2) is 5.48 Å². The lowest BCUT2D eigenvalue weighted by Gasteiger charge is -2.21. The second-order valence-electron chi connectivity index (χ2n) is 6.51. The minimum Gasteiger partial charge on any atom is -0.395 e. The zero-order chi connectivity index (χ0) is 19.8. The summed E-state index contributed by atoms with van der Waals surface area (Å²) >= 11 is 0. The average molecular weight is 380 g/mol. The molecular formula is C21H24N4O3. The molecule has 146 valence electrons. The van der Waals surface area contributed by atoms with Crippen LogP contribution < -0.4 is 5.48 Å². The number of amides is 1. The maximum Gasteiger partial charge on any atom is 0.267 e. The lowest BCUT2D eigenvalue weighted by Crippen LogP contribution is -2.28. The van der Waals surface area contributed by atoms with Gasteiger partial charge in [-0.1, -0.05) is 18.2 Å². The van der Waals surface area contributed by atoms with E-state index in [2.05, 4.69) is 39.1 Å². The van der Waals surface area contributed by atoms with Gasteiger partial charge in [0.2, 0.25) is 0 Å². The first kappa shape index (κ1) is 19.8. The highest BCUT2D eigenvalue weighted by atomic mass is 16.5. The number of benzene rings is 1. The van der Waals surface area contributed by atoms with Crippen LogP contribution >= 0.6 is 0 Å². The molecule has 28 heavy (non-hydrogen) atoms. The molecule has 2 aromatic heterocycles. The van der Waals surface area contributed by atoms with Gasteiger partial charge in [0.25, 0.3) is 5.91 Å². The van der Waals surface area contributed by atoms with Crippen LogP contribution in [0.1, 0.15) is 16.8 Å². The van der Waals surface area contributed by atoms with Crippen LogP contribution in [0.2, 0.25) is 0 Å². The lowest BCUT2D eigenvalue weighted by molar-refractivity contribution is -0.124. The SMILES string of the molecule is O=C(/C=C/c1ccc(CN(CCO)CCc2cccc3[nH]ccc23)cn1)NO. The Bertz CT molecular complexity index is 934. The number of aliphatic hydroxyl groups excluding tert-OH is 1. The molecule has 7 heteroatoms. The Hall–Kier alpha value is -3.00. The summed E-state index contributed by atoms with van der Waals surface area (Å²) in [7, 11) is 0. The quantitative estimate of drug-likeness (QED) is 0.259. The van der Waals surface area contributed by atoms with Gasteiger partial charge >= 0.3 is 0 Å². The molecule has 0 aliphatic carbocycles. The molecule has 2 heterocycles. The number of pyridine rings is 1. The second-order valence-corrected chi connectivity index (χ2v) is 6.51. The molecule has 7 nitrogen and oxygen atoms in total. The largest absolute Gasteiger partial charge is 0.395 e. The summed E-state index contributed by atoms with van der Waals surface area (Å²) < 4.78 is 0. The third-order valence-electron chi connectivity index (χ3n) is 4.57. The molecule has 1 aromatic carbocycles. The van der Waals surface area contributed by atoms with Gasteiger partial charge in [0.1, 0.15) is 0 Å². The third-order valence-corrected chi connectivity index (χ3v) is 4.57. The molecule has 0 spiro atoms. The van der Waals surface area contributed by atoms with Crippen LogP contribution in [0.25, 0.3) is 17.0 Å². The molecule has 0 bridgehead atoms. The lowest BCUT2D eigenvalue weighted by atomic mass is 10.1. The van der Waals surface area contributed by atoms with E-state index in [0.717, 1.165) is 24.0 Å². The molecule has 0 aliphatic rings. The molecule has 0 unspecified atom stereocenters. The van der Waals surface area contributed by atoms with E-state index in [1.807, 2.05) is 18.3 Å². The molecule has 0 atom stereocenters. The zero-order valence-electron chi connectivity index (χ0n) is 15.5. The number of carbonyl (C=O) groups excluding carboxylic acids is 1. The van der Waals surface area contributed by atoms with E-state index in [4.69, 9.17) is 5.21 Å². The number of hydrogen-bond acceptors (Lipinski definition) is 5. The number of rotatable bonds is 9. The number of hydrogen-bond donors (Lipinski definition) is 4. The molecule has 4 N–H and O–H groups in total. The van der Waals surface area contributed by atoms with E-state index >= 15 is 0 Å². The number of H-pyrrole nitrogens is 1. The second kappa shape index (κ2) is 9.80. The number of aromatic nitrogens is 2. The normalized spacial score (nSPS) is 11.5. The highest BCUT2D eigenvalue weighted by Crippen LogP contribution is 2.18. The highest BCUT2D eigenvalue weighted by molar-refractivity contribution is 5.90. The van der Waals surface area contributed by atoms with Crippen LogP contribution in [-0.4, -0.2) is 50.8 Å². The van der Waals surface area contributed by atoms with Crippen molar-refractivity contribution in [3.8, 4) is 0 Å². The Morgan fingerprint density at radius 3 is 2.86 bits per heavy atom. The van der Waals surface area contributed by atoms with E-state index in [1.54, 1.807) is 6.20 Å². The van der Waals surface area contributed by atoms with Gasteiger partial charge in [-0.15, -0.1) is 0 Å². The standard InChI is InChI=1S/C21H24N4O3/c26-13-12-25(11-9-17-2-1-3-20-19(17)8-10-22-20)15-16-4-5-18(23-14-16)6-7-21(27)24-28/h1-8,10,14,22,26,28H,9,11-13,15H2,(H,24,27)/b7-6+. The van der Waals surface area contributed by atoms with Crippen molar-refractivity contribution in [2.45, 2.75) is 13.0 Å². The number of aliphatic hydroxyl groups is 1. The number of hydroxylamine groups is 1. The van der Waals surface area contributed by atoms with Gasteiger partial charge in [0.15, 0.2) is 0 Å². The molecule has 3 aromatic rings. The summed E-state index contributed by atoms with van der Waals surface area (Å²) in [4.78, 5) is 20.7. The molecule has 0 aliphatic heterocycles. The van der Waals surface area contributed by atoms with Gasteiger partial charge in [-0.3, -0.25) is 19.9 Å². The minimum atomic E-state index is -0.600. The van der Waals surface area contributed by atoms with Crippen molar-refractivity contribution < 1.29 is 15.1 Å². The van der Waals surface area contributed by atoms with Gasteiger partial charge in [0.05, 0.1) is 12.3 Å². The summed E-state index contributed by atoms with van der Waals surface area (Å²) in [5.41, 5.74) is 5.60. The summed E-state index contributed by atoms with van der Waals surface area (Å²) in [6.45, 7) is 2.18. The maximum absolute atomic E-state index is 11.0. The van der Waals surface area contributed by atoms with Crippen molar-refractivity contribution >= 4 is 22.9 Å². The number of nitrogens with one attached hydrogen (secondary N) is 2. The minimum absolute atomic E-state index is 0.0961. The molecule has 0 saturated heterocycles. The van der Waals surface area contributed by atoms with E-state index in [-0.39, 0.29) is 6.61 Å². The Morgan fingerprint density at radius 1 is 1.21 bits per heavy atom. The van der Waals surface area contributed by atoms with Gasteiger partial charge < -0.3 is 10.1 Å². The summed E-state index contributed by atoms with van der Waals surface area (Å²) in [6, 6.07) is 12.1. The van der Waals surface area contributed by atoms with Crippen LogP contribution in [0.15, 0.2) is 54.9 Å². The first-order chi connectivity index (χ1) is 13.7. The predicted octanol–water partition coefficient (Wildman–Crippen LogP) is 2.12. The van der Waals surface area contributed by atoms with Crippen LogP contribution in [-0.2, 0) is 17.8 Å². The monoisotopic (exact) mass is 380 g/mol. The summed E-state index contributed by atoms with van der Waals surface area (Å²) in [5.74, 6) is -0.600. The van der Waals surface area contributed by atoms with E-state index in [1.165, 1.54) is 28.6 Å². The molecule has 0 radical (unpaired) electrons. The molecule has 0 saturated carbocycles. The fraction of sp³-hybridized carbons (Fsp3) is 0.238. The fourth-order valence-electron chi connectivity index (χ4n) is 3.14. The number of aromatic amines is 1. The van der Waals surface area contributed by atoms with E-state index in [0.29, 0.717) is 18.8 Å². The van der Waals surface area contributed by atoms with Crippen LogP contribution in [0, 0.1) is 0 Å². The number of carbonyl (C=O) groups is 1. The van der Waals surface area contributed by atoms with Gasteiger partial charge in [-0.2, -0.15) is 0 Å². The van der Waals surface area contributed by atoms with Crippen LogP contribution in [0.5, 0.6) is 0 Å². The average Bonchev–Trinajstić information content (AvgIpc) is 3.21. The zero-order valence-corrected chi connectivity index (χ0v) is 15.5. The van der Waals surface area contributed by atoms with E-state index in [9.17, 15) is 9.90 Å². The predicted molar refractivity (Wildman–Crippen MR) is 108 cm³/mol. The van der Waals surface area contributed by atoms with Crippen molar-refractivity contribution in [3.05, 3.63) is 71.7 Å². The molecular weight excluding hydrogens is 356 g/mol. The Morgan fingerprint density at radius 2 is 2.11 bits per heavy atom. The number of fused-ring (bicyclic) bond motifs is 1. The maximum atomic E-state index is 11.0. The highest BCUT2D eigenvalue weighted by Gasteiger charge is 2.08. The molecule has 1 amide bonds. The van der Waals surface area contributed by atoms with Crippen LogP contribution in [0.3, 0.4) is 0 Å². The third kappa shape index (κ3) is 5.26. The Balaban J connectivity index is 1.62. The molecule has 0 fully saturated rings. The number of nitrogens with zero attached hydrogens (tertiary/aromatic N) is 2. The molecule has 3 rings (SSSR count). The van der Waals surface area contributed by atoms with Crippen molar-refractivity contribution in [1.82, 2.24) is 20.3 Å². The van der Waals surface area contributed by atoms with Crippen LogP contribution in [0.4, 0.5) is 0 Å². The van der Waals surface area contributed by atoms with E-state index < -0.39 is 5.91 Å². The first-order valence-corrected chi connectivity index (χ1v) is 9.15. The van der Waals surface area contributed by atoms with Crippen molar-refractivity contribution in [2.75, 3.05) is 19.7 Å². The van der Waals surface area contributed by atoms with Crippen molar-refractivity contribution in [2.24, 2.45) is 0 Å². The Labute approximate surface area is 163 Å². The Kier molecular flexibility index (Phi) is 6.91. The summed E-state index contributed by atoms with van der Waals surface area (Å²) in [6.07, 6.45) is 7.33. The fourth-order valence-corrected chi connectivity index (χ4v) is 3.14. The smallest absolute Gasteiger partial charge is 0.267 e. The topological polar surface area (TPSA) is 101 Å². The van der Waals surface area contributed by atoms with Crippen molar-refractivity contribution in [1.29, 1.82) is 0 Å². The summed E-state index contributed by atoms with van der Waals surface area (Å²) in [5, 5.41) is 19.1. The van der Waals surface area contributed by atoms with Crippen molar-refractivity contribution in [3.63, 3.8) is 0 Å². The first-order valence-electron chi connectivity index (χ1n) is 9.15. The van der Waals surface area contributed by atoms with Gasteiger partial charge in [-0.05, 0) is 41.8 Å².